The van der Waals surface area contributed by atoms with Gasteiger partial charge in [-0.05, 0) is 25.7 Å². The third-order valence-electron chi connectivity index (χ3n) is 8.79. The molecule has 0 aromatic heterocycles. The molecule has 71 heavy (non-hydrogen) atoms. The van der Waals surface area contributed by atoms with E-state index in [4.69, 9.17) is 0 Å². The summed E-state index contributed by atoms with van der Waals surface area (Å²) in [5, 5.41) is 72.4. The van der Waals surface area contributed by atoms with Crippen LogP contribution in [0.4, 0.5) is 9.59 Å². The second-order valence-electron chi connectivity index (χ2n) is 12.3. The standard InChI is InChI=1S/2C14H25N3O5S.Mn.6Mo.18H2O/c2*18-6-14(7-19,8-20)17-11(21)4-2-1-3-10-12-9(5-23-10)15-13(22)16-12;;;;;;;;;;;;;;;;;;;;;;;;;/h2*9-10,12,18-20H,1-8H2,(H,17,21)(H2,15,16,22);;;;;;;;18*1H2/t2*9-,10-,12-;;;;;;;;;;;;;;;;;;;;;;;;;/m00........................./s1. The van der Waals surface area contributed by atoms with E-state index in [1.807, 2.05) is 23.5 Å². The first-order valence-electron chi connectivity index (χ1n) is 15.7. The second kappa shape index (κ2) is 78.4. The number of fused-ring (bicyclic) bond motifs is 2. The van der Waals surface area contributed by atoms with Gasteiger partial charge in [-0.25, -0.2) is 9.59 Å². The van der Waals surface area contributed by atoms with Crippen molar-refractivity contribution in [2.45, 2.75) is 97.1 Å². The number of hydrogen-bond acceptors (Lipinski definition) is 12. The molecule has 34 nitrogen and oxygen atoms in total. The Balaban J connectivity index is -0.0000000229. The van der Waals surface area contributed by atoms with E-state index in [1.54, 1.807) is 0 Å². The van der Waals surface area contributed by atoms with E-state index in [0.717, 1.165) is 37.2 Å². The fourth-order valence-electron chi connectivity index (χ4n) is 5.80. The molecule has 48 N–H and O–H groups in total. The molecule has 4 heterocycles. The van der Waals surface area contributed by atoms with Crippen LogP contribution in [0.25, 0.3) is 0 Å². The Morgan fingerprint density at radius 1 is 0.437 bits per heavy atom. The van der Waals surface area contributed by atoms with E-state index >= 15 is 0 Å². The van der Waals surface area contributed by atoms with Crippen molar-refractivity contribution in [3.63, 3.8) is 0 Å². The first-order valence-corrected chi connectivity index (χ1v) is 17.8. The molecule has 4 saturated heterocycles. The molecule has 0 saturated carbocycles. The van der Waals surface area contributed by atoms with Crippen molar-refractivity contribution in [2.24, 2.45) is 0 Å². The summed E-state index contributed by atoms with van der Waals surface area (Å²) < 4.78 is 0. The Kier molecular flexibility index (Phi) is 167. The first-order chi connectivity index (χ1) is 22.1. The Hall–Kier alpha value is 1.87. The monoisotopic (exact) mass is 1660 g/mol. The first kappa shape index (κ1) is 151. The Morgan fingerprint density at radius 3 is 0.873 bits per heavy atom. The van der Waals surface area contributed by atoms with Gasteiger partial charge in [-0.1, -0.05) is 12.8 Å². The normalized spacial score (nSPS) is 17.2. The number of amides is 6. The van der Waals surface area contributed by atoms with E-state index < -0.39 is 50.7 Å². The molecule has 451 valence electrons. The van der Waals surface area contributed by atoms with Crippen molar-refractivity contribution in [3.8, 4) is 0 Å². The van der Waals surface area contributed by atoms with Gasteiger partial charge in [0.25, 0.3) is 0 Å². The van der Waals surface area contributed by atoms with Crippen molar-refractivity contribution in [1.29, 1.82) is 0 Å². The number of hydrogen-bond donors (Lipinski definition) is 12. The molecule has 0 aromatic rings. The number of aliphatic hydroxyl groups is 6. The average molecular weight is 1650 g/mol. The average Bonchev–Trinajstić information content (AvgIpc) is 3.81. The summed E-state index contributed by atoms with van der Waals surface area (Å²) in [6.45, 7) is -3.08. The van der Waals surface area contributed by atoms with Crippen LogP contribution in [0.3, 0.4) is 0 Å². The summed E-state index contributed by atoms with van der Waals surface area (Å²) in [6, 6.07) is 0.565. The van der Waals surface area contributed by atoms with Gasteiger partial charge < -0.3 is 161 Å². The summed E-state index contributed by atoms with van der Waals surface area (Å²) in [7, 11) is 0. The Morgan fingerprint density at radius 2 is 0.662 bits per heavy atom. The van der Waals surface area contributed by atoms with E-state index in [0.29, 0.717) is 23.3 Å². The minimum Gasteiger partial charge on any atom is -0.412 e. The number of carbonyl (C=O) groups is 4. The SMILES string of the molecule is O.O.O.O.O.O.O.O.O.O.O.O.O.O.O.O.O.O.O=C(CCCC[C@@H]1SC[C@@H]2NC(=O)N[C@@H]21)NC(CO)(CO)CO.O=C(CCCC[C@@H]1SC[C@@H]2NC(=O)N[C@@H]21)NC(CO)(CO)CO.[Mn].[Mo].[Mo].[Mo].[Mo].[Mo].[Mo]. The van der Waals surface area contributed by atoms with Crippen molar-refractivity contribution in [3.05, 3.63) is 0 Å². The van der Waals surface area contributed by atoms with E-state index in [1.165, 1.54) is 0 Å². The van der Waals surface area contributed by atoms with Gasteiger partial charge in [0.1, 0.15) is 11.1 Å². The van der Waals surface area contributed by atoms with Crippen LogP contribution in [-0.2, 0) is 153 Å². The van der Waals surface area contributed by atoms with Crippen LogP contribution in [0.15, 0.2) is 0 Å². The molecule has 0 bridgehead atoms. The Bertz CT molecular complexity index is 992. The predicted octanol–water partition coefficient (Wildman–Crippen LogP) is -17.8. The maximum atomic E-state index is 11.8. The molecular weight excluding hydrogens is 1560 g/mol. The fourth-order valence-corrected chi connectivity index (χ4v) is 8.89. The van der Waals surface area contributed by atoms with Crippen LogP contribution in [0.2, 0.25) is 0 Å². The number of urea groups is 2. The summed E-state index contributed by atoms with van der Waals surface area (Å²) >= 11 is 3.68. The van der Waals surface area contributed by atoms with E-state index in [-0.39, 0.29) is 303 Å². The van der Waals surface area contributed by atoms with E-state index in [9.17, 15) is 49.8 Å². The van der Waals surface area contributed by atoms with Crippen molar-refractivity contribution < 1.29 is 292 Å². The summed E-state index contributed by atoms with van der Waals surface area (Å²) in [6.07, 6.45) is 5.47. The van der Waals surface area contributed by atoms with Crippen molar-refractivity contribution in [2.75, 3.05) is 51.1 Å². The quantitative estimate of drug-likeness (QED) is 0.0346. The summed E-state index contributed by atoms with van der Waals surface area (Å²) in [4.78, 5) is 46.3. The molecule has 0 unspecified atom stereocenters. The second-order valence-corrected chi connectivity index (χ2v) is 14.9. The smallest absolute Gasteiger partial charge is 0.315 e. The molecule has 4 aliphatic heterocycles. The molecule has 1 radical (unpaired) electrons. The minimum atomic E-state index is -1.36. The zero-order valence-electron chi connectivity index (χ0n) is 37.7. The molecule has 43 heteroatoms. The molecule has 6 amide bonds. The summed E-state index contributed by atoms with van der Waals surface area (Å²) in [5.74, 6) is 1.24. The summed E-state index contributed by atoms with van der Waals surface area (Å²) in [5.41, 5.74) is -2.71. The van der Waals surface area contributed by atoms with Crippen LogP contribution in [0.5, 0.6) is 0 Å². The maximum Gasteiger partial charge on any atom is 0.315 e. The van der Waals surface area contributed by atoms with Crippen LogP contribution in [-0.4, -0.2) is 250 Å². The topological polar surface area (TPSA) is 829 Å². The zero-order chi connectivity index (χ0) is 33.7. The van der Waals surface area contributed by atoms with Crippen molar-refractivity contribution in [1.82, 2.24) is 31.9 Å². The number of unbranched alkanes of at least 4 members (excludes halogenated alkanes) is 2. The molecule has 4 fully saturated rings. The number of thioether (sulfide) groups is 2. The Labute approximate surface area is 514 Å². The third-order valence-corrected chi connectivity index (χ3v) is 11.8. The van der Waals surface area contributed by atoms with Crippen LogP contribution in [0, 0.1) is 0 Å². The molecular formula is C28H86MnMo6N6O28S2. The molecule has 0 spiro atoms. The molecule has 0 aliphatic carbocycles. The fraction of sp³-hybridized carbons (Fsp3) is 0.857. The predicted molar refractivity (Wildman–Crippen MR) is 237 cm³/mol. The minimum absolute atomic E-state index is 0. The van der Waals surface area contributed by atoms with Gasteiger partial charge in [0, 0.05) is 178 Å². The van der Waals surface area contributed by atoms with Crippen LogP contribution < -0.4 is 31.9 Å². The third kappa shape index (κ3) is 47.6. The van der Waals surface area contributed by atoms with Gasteiger partial charge in [0.05, 0.1) is 63.8 Å². The van der Waals surface area contributed by atoms with Crippen LogP contribution >= 0.6 is 23.5 Å². The van der Waals surface area contributed by atoms with Gasteiger partial charge >= 0.3 is 12.1 Å². The number of nitrogens with one attached hydrogen (secondary N) is 6. The van der Waals surface area contributed by atoms with E-state index in [2.05, 4.69) is 31.9 Å². The largest absolute Gasteiger partial charge is 0.412 e. The van der Waals surface area contributed by atoms with Gasteiger partial charge in [-0.15, -0.1) is 0 Å². The zero-order valence-corrected chi connectivity index (χ0v) is 52.6. The maximum absolute atomic E-state index is 11.8. The molecule has 6 atom stereocenters. The van der Waals surface area contributed by atoms with Crippen LogP contribution in [0.1, 0.15) is 51.4 Å². The van der Waals surface area contributed by atoms with Gasteiger partial charge in [-0.3, -0.25) is 9.59 Å². The van der Waals surface area contributed by atoms with Gasteiger partial charge in [0.2, 0.25) is 11.8 Å². The molecule has 4 rings (SSSR count). The number of aliphatic hydroxyl groups excluding tert-OH is 6. The molecule has 0 aromatic carbocycles. The number of carbonyl (C=O) groups excluding carboxylic acids is 4. The van der Waals surface area contributed by atoms with Gasteiger partial charge in [0.15, 0.2) is 0 Å². The van der Waals surface area contributed by atoms with Crippen molar-refractivity contribution >= 4 is 47.4 Å². The number of rotatable bonds is 18. The molecule has 4 aliphatic rings. The van der Waals surface area contributed by atoms with Gasteiger partial charge in [-0.2, -0.15) is 23.5 Å².